The first-order valence-corrected chi connectivity index (χ1v) is 5.95. The van der Waals surface area contributed by atoms with Crippen LogP contribution in [0.25, 0.3) is 0 Å². The molecule has 0 aliphatic carbocycles. The second kappa shape index (κ2) is 6.93. The van der Waals surface area contributed by atoms with Crippen LogP contribution in [-0.2, 0) is 6.42 Å². The van der Waals surface area contributed by atoms with E-state index in [1.165, 1.54) is 5.56 Å². The lowest BCUT2D eigenvalue weighted by atomic mass is 10.1. The highest BCUT2D eigenvalue weighted by atomic mass is 16.5. The van der Waals surface area contributed by atoms with Gasteiger partial charge in [0.05, 0.1) is 19.7 Å². The fraction of sp³-hybridized carbons (Fsp3) is 0.500. The predicted molar refractivity (Wildman–Crippen MR) is 69.0 cm³/mol. The number of hydrogen-bond donors (Lipinski definition) is 0. The van der Waals surface area contributed by atoms with Gasteiger partial charge < -0.3 is 4.74 Å². The van der Waals surface area contributed by atoms with Gasteiger partial charge >= 0.3 is 0 Å². The summed E-state index contributed by atoms with van der Waals surface area (Å²) in [6, 6.07) is 10.7. The third-order valence-electron chi connectivity index (χ3n) is 2.99. The van der Waals surface area contributed by atoms with Gasteiger partial charge in [0, 0.05) is 6.04 Å². The zero-order chi connectivity index (χ0) is 12.7. The van der Waals surface area contributed by atoms with Crippen LogP contribution in [0.4, 0.5) is 0 Å². The molecule has 1 aromatic rings. The molecule has 0 aromatic heterocycles. The SMILES string of the molecule is CCN(CC#N)[C@@H](C)Cc1ccc(OC)cc1. The van der Waals surface area contributed by atoms with Crippen LogP contribution >= 0.6 is 0 Å². The number of rotatable bonds is 6. The van der Waals surface area contributed by atoms with Crippen LogP contribution in [0.15, 0.2) is 24.3 Å². The van der Waals surface area contributed by atoms with E-state index in [0.29, 0.717) is 12.6 Å². The maximum Gasteiger partial charge on any atom is 0.118 e. The van der Waals surface area contributed by atoms with Gasteiger partial charge in [0.1, 0.15) is 5.75 Å². The molecule has 0 heterocycles. The highest BCUT2D eigenvalue weighted by Crippen LogP contribution is 2.14. The van der Waals surface area contributed by atoms with Crippen molar-refractivity contribution in [3.8, 4) is 11.8 Å². The van der Waals surface area contributed by atoms with E-state index in [1.54, 1.807) is 7.11 Å². The third-order valence-corrected chi connectivity index (χ3v) is 2.99. The molecule has 1 aromatic carbocycles. The molecule has 0 radical (unpaired) electrons. The summed E-state index contributed by atoms with van der Waals surface area (Å²) in [6.45, 7) is 5.64. The van der Waals surface area contributed by atoms with Crippen molar-refractivity contribution in [2.45, 2.75) is 26.3 Å². The van der Waals surface area contributed by atoms with E-state index >= 15 is 0 Å². The standard InChI is InChI=1S/C14H20N2O/c1-4-16(10-9-15)12(2)11-13-5-7-14(17-3)8-6-13/h5-8,12H,4,10-11H2,1-3H3/t12-/m0/s1. The molecule has 0 fully saturated rings. The number of nitriles is 1. The Morgan fingerprint density at radius 3 is 2.47 bits per heavy atom. The molecule has 0 amide bonds. The Bertz CT molecular complexity index is 367. The van der Waals surface area contributed by atoms with Crippen LogP contribution in [0.5, 0.6) is 5.75 Å². The average molecular weight is 232 g/mol. The van der Waals surface area contributed by atoms with Crippen LogP contribution < -0.4 is 4.74 Å². The average Bonchev–Trinajstić information content (AvgIpc) is 2.36. The topological polar surface area (TPSA) is 36.3 Å². The molecular weight excluding hydrogens is 212 g/mol. The van der Waals surface area contributed by atoms with E-state index in [-0.39, 0.29) is 0 Å². The minimum Gasteiger partial charge on any atom is -0.497 e. The molecule has 0 N–H and O–H groups in total. The molecule has 0 unspecified atom stereocenters. The first-order valence-electron chi connectivity index (χ1n) is 5.95. The van der Waals surface area contributed by atoms with Gasteiger partial charge in [-0.1, -0.05) is 19.1 Å². The van der Waals surface area contributed by atoms with E-state index < -0.39 is 0 Å². The van der Waals surface area contributed by atoms with Crippen molar-refractivity contribution in [2.24, 2.45) is 0 Å². The Morgan fingerprint density at radius 1 is 1.35 bits per heavy atom. The van der Waals surface area contributed by atoms with Crippen molar-refractivity contribution >= 4 is 0 Å². The van der Waals surface area contributed by atoms with Gasteiger partial charge in [-0.15, -0.1) is 0 Å². The molecule has 0 saturated heterocycles. The van der Waals surface area contributed by atoms with Crippen LogP contribution in [0.1, 0.15) is 19.4 Å². The zero-order valence-corrected chi connectivity index (χ0v) is 10.8. The minimum absolute atomic E-state index is 0.382. The quantitative estimate of drug-likeness (QED) is 0.707. The predicted octanol–water partition coefficient (Wildman–Crippen LogP) is 2.47. The van der Waals surface area contributed by atoms with Crippen molar-refractivity contribution in [3.05, 3.63) is 29.8 Å². The van der Waals surface area contributed by atoms with Gasteiger partial charge in [-0.05, 0) is 37.6 Å². The fourth-order valence-electron chi connectivity index (χ4n) is 1.90. The molecule has 0 bridgehead atoms. The number of hydrogen-bond acceptors (Lipinski definition) is 3. The van der Waals surface area contributed by atoms with Crippen LogP contribution in [0.2, 0.25) is 0 Å². The first kappa shape index (κ1) is 13.5. The zero-order valence-electron chi connectivity index (χ0n) is 10.8. The van der Waals surface area contributed by atoms with E-state index in [1.807, 2.05) is 12.1 Å². The van der Waals surface area contributed by atoms with E-state index in [9.17, 15) is 0 Å². The summed E-state index contributed by atoms with van der Waals surface area (Å²) >= 11 is 0. The fourth-order valence-corrected chi connectivity index (χ4v) is 1.90. The lowest BCUT2D eigenvalue weighted by Gasteiger charge is -2.25. The van der Waals surface area contributed by atoms with Crippen molar-refractivity contribution < 1.29 is 4.74 Å². The van der Waals surface area contributed by atoms with Gasteiger partial charge in [0.2, 0.25) is 0 Å². The number of likely N-dealkylation sites (N-methyl/N-ethyl adjacent to an activating group) is 1. The highest BCUT2D eigenvalue weighted by molar-refractivity contribution is 5.27. The van der Waals surface area contributed by atoms with Crippen molar-refractivity contribution in [3.63, 3.8) is 0 Å². The maximum absolute atomic E-state index is 8.74. The lowest BCUT2D eigenvalue weighted by Crippen LogP contribution is -2.34. The largest absolute Gasteiger partial charge is 0.497 e. The molecular formula is C14H20N2O. The van der Waals surface area contributed by atoms with Crippen molar-refractivity contribution in [1.29, 1.82) is 5.26 Å². The molecule has 0 aliphatic heterocycles. The number of nitrogens with zero attached hydrogens (tertiary/aromatic N) is 2. The maximum atomic E-state index is 8.74. The summed E-state index contributed by atoms with van der Waals surface area (Å²) in [7, 11) is 1.67. The van der Waals surface area contributed by atoms with E-state index in [0.717, 1.165) is 18.7 Å². The second-order valence-corrected chi connectivity index (χ2v) is 4.12. The molecule has 0 aliphatic rings. The first-order chi connectivity index (χ1) is 8.21. The monoisotopic (exact) mass is 232 g/mol. The Balaban J connectivity index is 2.60. The summed E-state index contributed by atoms with van der Waals surface area (Å²) in [4.78, 5) is 2.17. The van der Waals surface area contributed by atoms with Crippen LogP contribution in [0.3, 0.4) is 0 Å². The molecule has 3 heteroatoms. The Kier molecular flexibility index (Phi) is 5.51. The molecule has 92 valence electrons. The van der Waals surface area contributed by atoms with Crippen LogP contribution in [-0.4, -0.2) is 31.1 Å². The normalized spacial score (nSPS) is 12.2. The summed E-state index contributed by atoms with van der Waals surface area (Å²) < 4.78 is 5.13. The van der Waals surface area contributed by atoms with Gasteiger partial charge in [-0.3, -0.25) is 4.90 Å². The Hall–Kier alpha value is -1.53. The van der Waals surface area contributed by atoms with Gasteiger partial charge in [-0.25, -0.2) is 0 Å². The number of ether oxygens (including phenoxy) is 1. The molecule has 3 nitrogen and oxygen atoms in total. The minimum atomic E-state index is 0.382. The van der Waals surface area contributed by atoms with E-state index in [4.69, 9.17) is 10.00 Å². The van der Waals surface area contributed by atoms with Gasteiger partial charge in [0.25, 0.3) is 0 Å². The van der Waals surface area contributed by atoms with E-state index in [2.05, 4.69) is 36.9 Å². The van der Waals surface area contributed by atoms with Crippen molar-refractivity contribution in [1.82, 2.24) is 4.90 Å². The summed E-state index contributed by atoms with van der Waals surface area (Å²) in [5.41, 5.74) is 1.27. The van der Waals surface area contributed by atoms with Gasteiger partial charge in [0.15, 0.2) is 0 Å². The van der Waals surface area contributed by atoms with Crippen LogP contribution in [0, 0.1) is 11.3 Å². The highest BCUT2D eigenvalue weighted by Gasteiger charge is 2.11. The lowest BCUT2D eigenvalue weighted by molar-refractivity contribution is 0.245. The molecule has 0 spiro atoms. The van der Waals surface area contributed by atoms with Gasteiger partial charge in [-0.2, -0.15) is 5.26 Å². The number of benzene rings is 1. The second-order valence-electron chi connectivity index (χ2n) is 4.12. The summed E-state index contributed by atoms with van der Waals surface area (Å²) in [5.74, 6) is 0.880. The Morgan fingerprint density at radius 2 is 2.00 bits per heavy atom. The smallest absolute Gasteiger partial charge is 0.118 e. The summed E-state index contributed by atoms with van der Waals surface area (Å²) in [5, 5.41) is 8.74. The molecule has 0 saturated carbocycles. The summed E-state index contributed by atoms with van der Waals surface area (Å²) in [6.07, 6.45) is 0.958. The molecule has 1 rings (SSSR count). The Labute approximate surface area is 104 Å². The van der Waals surface area contributed by atoms with Crippen molar-refractivity contribution in [2.75, 3.05) is 20.2 Å². The molecule has 1 atom stereocenters. The third kappa shape index (κ3) is 4.08. The molecule has 17 heavy (non-hydrogen) atoms. The number of methoxy groups -OCH3 is 1.